The number of hydrogen-bond donors (Lipinski definition) is 2. The van der Waals surface area contributed by atoms with Crippen LogP contribution in [0.4, 0.5) is 5.69 Å². The molecule has 0 unspecified atom stereocenters. The lowest BCUT2D eigenvalue weighted by molar-refractivity contribution is -0.895. The van der Waals surface area contributed by atoms with E-state index in [1.807, 2.05) is 25.1 Å². The van der Waals surface area contributed by atoms with E-state index in [2.05, 4.69) is 5.32 Å². The summed E-state index contributed by atoms with van der Waals surface area (Å²) in [5, 5.41) is 3.38. The maximum Gasteiger partial charge on any atom is 0.279 e. The third-order valence-electron chi connectivity index (χ3n) is 4.75. The number of para-hydroxylation sites is 2. The average molecular weight is 439 g/mol. The molecule has 1 fully saturated rings. The Bertz CT molecular complexity index is 942. The number of piperazine rings is 1. The molecule has 1 saturated heterocycles. The first kappa shape index (κ1) is 21.6. The van der Waals surface area contributed by atoms with Crippen LogP contribution in [-0.4, -0.2) is 58.0 Å². The number of amides is 1. The third-order valence-corrected chi connectivity index (χ3v) is 6.92. The van der Waals surface area contributed by atoms with Gasteiger partial charge in [0.05, 0.1) is 43.4 Å². The van der Waals surface area contributed by atoms with E-state index >= 15 is 0 Å². The van der Waals surface area contributed by atoms with Crippen molar-refractivity contribution in [3.63, 3.8) is 0 Å². The Hall–Kier alpha value is -2.13. The number of carbonyl (C=O) groups excluding carboxylic acids is 1. The van der Waals surface area contributed by atoms with Crippen molar-refractivity contribution in [2.45, 2.75) is 11.8 Å². The largest absolute Gasteiger partial charge is 0.492 e. The third kappa shape index (κ3) is 5.48. The fourth-order valence-electron chi connectivity index (χ4n) is 3.25. The molecule has 0 saturated carbocycles. The van der Waals surface area contributed by atoms with Crippen LogP contribution < -0.4 is 15.0 Å². The summed E-state index contributed by atoms with van der Waals surface area (Å²) in [6.45, 7) is 4.53. The van der Waals surface area contributed by atoms with Gasteiger partial charge in [-0.1, -0.05) is 23.7 Å². The van der Waals surface area contributed by atoms with Crippen LogP contribution >= 0.6 is 11.6 Å². The van der Waals surface area contributed by atoms with E-state index in [4.69, 9.17) is 16.3 Å². The average Bonchev–Trinajstić information content (AvgIpc) is 2.70. The maximum absolute atomic E-state index is 12.7. The Balaban J connectivity index is 1.54. The van der Waals surface area contributed by atoms with E-state index in [0.29, 0.717) is 49.2 Å². The number of ether oxygens (including phenoxy) is 1. The number of benzene rings is 2. The van der Waals surface area contributed by atoms with Gasteiger partial charge in [-0.25, -0.2) is 8.42 Å². The van der Waals surface area contributed by atoms with Gasteiger partial charge in [0.2, 0.25) is 10.0 Å². The molecule has 0 spiro atoms. The number of nitrogens with one attached hydrogen (secondary N) is 2. The highest BCUT2D eigenvalue weighted by atomic mass is 35.5. The smallest absolute Gasteiger partial charge is 0.279 e. The number of hydrogen-bond acceptors (Lipinski definition) is 4. The molecule has 2 N–H and O–H groups in total. The van der Waals surface area contributed by atoms with Crippen LogP contribution in [0.2, 0.25) is 5.02 Å². The topological polar surface area (TPSA) is 80.2 Å². The van der Waals surface area contributed by atoms with E-state index in [0.717, 1.165) is 4.90 Å². The van der Waals surface area contributed by atoms with Gasteiger partial charge in [0.1, 0.15) is 5.75 Å². The molecule has 0 aliphatic carbocycles. The van der Waals surface area contributed by atoms with Crippen molar-refractivity contribution >= 4 is 33.2 Å². The monoisotopic (exact) mass is 438 g/mol. The lowest BCUT2D eigenvalue weighted by Gasteiger charge is -2.31. The van der Waals surface area contributed by atoms with E-state index in [9.17, 15) is 13.2 Å². The van der Waals surface area contributed by atoms with Crippen LogP contribution in [0.25, 0.3) is 0 Å². The van der Waals surface area contributed by atoms with Gasteiger partial charge >= 0.3 is 0 Å². The molecule has 156 valence electrons. The Morgan fingerprint density at radius 1 is 1.14 bits per heavy atom. The Labute approximate surface area is 176 Å². The summed E-state index contributed by atoms with van der Waals surface area (Å²) >= 11 is 5.84. The zero-order valence-electron chi connectivity index (χ0n) is 16.2. The summed E-state index contributed by atoms with van der Waals surface area (Å²) < 4.78 is 32.5. The minimum Gasteiger partial charge on any atom is -0.492 e. The number of rotatable bonds is 7. The minimum absolute atomic E-state index is 0.124. The molecular formula is C20H25ClN3O4S+. The van der Waals surface area contributed by atoms with E-state index in [-0.39, 0.29) is 17.3 Å². The lowest BCUT2D eigenvalue weighted by atomic mass is 10.3. The molecule has 3 rings (SSSR count). The predicted octanol–water partition coefficient (Wildman–Crippen LogP) is 1.27. The van der Waals surface area contributed by atoms with Gasteiger partial charge in [-0.15, -0.1) is 0 Å². The predicted molar refractivity (Wildman–Crippen MR) is 112 cm³/mol. The summed E-state index contributed by atoms with van der Waals surface area (Å²) in [7, 11) is -3.55. The molecule has 2 aromatic rings. The highest BCUT2D eigenvalue weighted by Crippen LogP contribution is 2.23. The summed E-state index contributed by atoms with van der Waals surface area (Å²) in [6, 6.07) is 13.5. The molecule has 0 radical (unpaired) electrons. The van der Waals surface area contributed by atoms with Crippen LogP contribution in [0.1, 0.15) is 6.92 Å². The fraction of sp³-hybridized carbons (Fsp3) is 0.350. The first-order chi connectivity index (χ1) is 13.9. The summed E-state index contributed by atoms with van der Waals surface area (Å²) in [6.07, 6.45) is 0. The molecule has 29 heavy (non-hydrogen) atoms. The van der Waals surface area contributed by atoms with E-state index in [1.54, 1.807) is 18.2 Å². The Morgan fingerprint density at radius 3 is 2.45 bits per heavy atom. The van der Waals surface area contributed by atoms with Crippen LogP contribution in [0.15, 0.2) is 53.4 Å². The summed E-state index contributed by atoms with van der Waals surface area (Å²) in [5.74, 6) is 0.512. The van der Waals surface area contributed by atoms with Crippen LogP contribution in [0, 0.1) is 0 Å². The molecule has 2 aromatic carbocycles. The van der Waals surface area contributed by atoms with Crippen molar-refractivity contribution in [2.75, 3.05) is 44.6 Å². The van der Waals surface area contributed by atoms with Gasteiger partial charge in [0, 0.05) is 5.02 Å². The maximum atomic E-state index is 12.7. The van der Waals surface area contributed by atoms with Gasteiger partial charge in [-0.3, -0.25) is 4.79 Å². The Morgan fingerprint density at radius 2 is 1.79 bits per heavy atom. The fourth-order valence-corrected chi connectivity index (χ4v) is 4.82. The molecule has 0 aromatic heterocycles. The van der Waals surface area contributed by atoms with Crippen molar-refractivity contribution in [3.8, 4) is 5.75 Å². The summed E-state index contributed by atoms with van der Waals surface area (Å²) in [5.41, 5.74) is 0.641. The van der Waals surface area contributed by atoms with Crippen LogP contribution in [-0.2, 0) is 14.8 Å². The van der Waals surface area contributed by atoms with Gasteiger partial charge in [0.25, 0.3) is 5.91 Å². The van der Waals surface area contributed by atoms with Crippen LogP contribution in [0.5, 0.6) is 5.75 Å². The number of quaternary nitrogens is 1. The number of sulfonamides is 1. The molecule has 0 atom stereocenters. The highest BCUT2D eigenvalue weighted by Gasteiger charge is 2.31. The van der Waals surface area contributed by atoms with E-state index < -0.39 is 10.0 Å². The molecule has 9 heteroatoms. The van der Waals surface area contributed by atoms with Crippen molar-refractivity contribution in [1.82, 2.24) is 4.31 Å². The van der Waals surface area contributed by atoms with Crippen molar-refractivity contribution in [2.24, 2.45) is 0 Å². The molecule has 1 aliphatic heterocycles. The second-order valence-corrected chi connectivity index (χ2v) is 9.14. The number of nitrogens with zero attached hydrogens (tertiary/aromatic N) is 1. The lowest BCUT2D eigenvalue weighted by Crippen LogP contribution is -3.15. The number of halogens is 1. The second kappa shape index (κ2) is 9.58. The first-order valence-electron chi connectivity index (χ1n) is 9.51. The van der Waals surface area contributed by atoms with Crippen LogP contribution in [0.3, 0.4) is 0 Å². The zero-order chi connectivity index (χ0) is 20.9. The molecule has 1 amide bonds. The zero-order valence-corrected chi connectivity index (χ0v) is 17.8. The van der Waals surface area contributed by atoms with Gasteiger partial charge in [0.15, 0.2) is 6.54 Å². The number of carbonyl (C=O) groups is 1. The van der Waals surface area contributed by atoms with Crippen molar-refractivity contribution in [3.05, 3.63) is 53.6 Å². The second-order valence-electron chi connectivity index (χ2n) is 6.76. The van der Waals surface area contributed by atoms with E-state index in [1.165, 1.54) is 16.4 Å². The SMILES string of the molecule is CCOc1ccccc1NC(=O)C[NH+]1CCN(S(=O)(=O)c2ccc(Cl)cc2)CC1. The Kier molecular flexibility index (Phi) is 7.13. The van der Waals surface area contributed by atoms with Crippen molar-refractivity contribution in [1.29, 1.82) is 0 Å². The first-order valence-corrected chi connectivity index (χ1v) is 11.3. The minimum atomic E-state index is -3.55. The van der Waals surface area contributed by atoms with Gasteiger partial charge < -0.3 is 15.0 Å². The normalized spacial score (nSPS) is 15.8. The quantitative estimate of drug-likeness (QED) is 0.682. The van der Waals surface area contributed by atoms with Crippen molar-refractivity contribution < 1.29 is 22.8 Å². The summed E-state index contributed by atoms with van der Waals surface area (Å²) in [4.78, 5) is 13.7. The molecule has 0 bridgehead atoms. The standard InChI is InChI=1S/C20H24ClN3O4S/c1-2-28-19-6-4-3-5-18(19)22-20(25)15-23-11-13-24(14-12-23)29(26,27)17-9-7-16(21)8-10-17/h3-10H,2,11-15H2,1H3,(H,22,25)/p+1. The molecule has 1 heterocycles. The highest BCUT2D eigenvalue weighted by molar-refractivity contribution is 7.89. The molecule has 7 nitrogen and oxygen atoms in total. The van der Waals surface area contributed by atoms with Gasteiger partial charge in [-0.2, -0.15) is 4.31 Å². The molecule has 1 aliphatic rings. The molecular weight excluding hydrogens is 414 g/mol. The number of anilines is 1. The van der Waals surface area contributed by atoms with Gasteiger partial charge in [-0.05, 0) is 43.3 Å².